The second-order valence-electron chi connectivity index (χ2n) is 6.95. The van der Waals surface area contributed by atoms with Gasteiger partial charge in [0.2, 0.25) is 5.88 Å². The molecule has 0 aliphatic rings. The normalized spacial score (nSPS) is 11.2. The van der Waals surface area contributed by atoms with Gasteiger partial charge in [0.1, 0.15) is 5.60 Å². The summed E-state index contributed by atoms with van der Waals surface area (Å²) in [6.07, 6.45) is 3.36. The van der Waals surface area contributed by atoms with Gasteiger partial charge in [-0.1, -0.05) is 19.4 Å². The Balaban J connectivity index is 0.00000729. The van der Waals surface area contributed by atoms with Gasteiger partial charge in [0.25, 0.3) is 0 Å². The number of hydrogen-bond donors (Lipinski definition) is 3. The molecule has 28 heavy (non-hydrogen) atoms. The Bertz CT molecular complexity index is 605. The van der Waals surface area contributed by atoms with Crippen molar-refractivity contribution in [2.45, 2.75) is 52.7 Å². The van der Waals surface area contributed by atoms with Crippen molar-refractivity contribution in [3.8, 4) is 5.88 Å². The molecular formula is C19H34IN5O3. The van der Waals surface area contributed by atoms with E-state index in [4.69, 9.17) is 9.47 Å². The minimum Gasteiger partial charge on any atom is -0.477 e. The number of halogens is 1. The van der Waals surface area contributed by atoms with Crippen molar-refractivity contribution in [3.63, 3.8) is 0 Å². The smallest absolute Gasteiger partial charge is 0.407 e. The van der Waals surface area contributed by atoms with Crippen LogP contribution >= 0.6 is 24.0 Å². The van der Waals surface area contributed by atoms with Crippen LogP contribution in [0, 0.1) is 0 Å². The fraction of sp³-hybridized carbons (Fsp3) is 0.632. The maximum atomic E-state index is 11.6. The number of rotatable bonds is 9. The molecule has 0 saturated heterocycles. The van der Waals surface area contributed by atoms with Gasteiger partial charge in [0.15, 0.2) is 5.96 Å². The van der Waals surface area contributed by atoms with E-state index in [9.17, 15) is 4.79 Å². The highest BCUT2D eigenvalue weighted by atomic mass is 127. The summed E-state index contributed by atoms with van der Waals surface area (Å²) >= 11 is 0. The van der Waals surface area contributed by atoms with Crippen molar-refractivity contribution in [1.29, 1.82) is 0 Å². The van der Waals surface area contributed by atoms with E-state index in [0.717, 1.165) is 18.4 Å². The van der Waals surface area contributed by atoms with Crippen LogP contribution in [0.4, 0.5) is 4.79 Å². The molecule has 3 N–H and O–H groups in total. The number of aliphatic imine (C=N–C) groups is 1. The molecule has 0 radical (unpaired) electrons. The molecule has 1 rings (SSSR count). The summed E-state index contributed by atoms with van der Waals surface area (Å²) in [5.74, 6) is 1.27. The Kier molecular flexibility index (Phi) is 13.3. The first-order valence-electron chi connectivity index (χ1n) is 9.33. The molecule has 0 fully saturated rings. The van der Waals surface area contributed by atoms with Gasteiger partial charge in [-0.2, -0.15) is 0 Å². The number of guanidine groups is 1. The molecule has 0 atom stereocenters. The largest absolute Gasteiger partial charge is 0.477 e. The Hall–Kier alpha value is -1.78. The van der Waals surface area contributed by atoms with Crippen LogP contribution in [0.3, 0.4) is 0 Å². The van der Waals surface area contributed by atoms with Gasteiger partial charge in [-0.05, 0) is 33.3 Å². The van der Waals surface area contributed by atoms with E-state index >= 15 is 0 Å². The molecular weight excluding hydrogens is 473 g/mol. The van der Waals surface area contributed by atoms with Crippen molar-refractivity contribution < 1.29 is 14.3 Å². The summed E-state index contributed by atoms with van der Waals surface area (Å²) in [5.41, 5.74) is 0.457. The highest BCUT2D eigenvalue weighted by Gasteiger charge is 2.15. The van der Waals surface area contributed by atoms with Crippen LogP contribution < -0.4 is 20.7 Å². The standard InChI is InChI=1S/C19H33N5O3.HI/c1-6-7-13-26-16-15(9-8-10-21-16)14-24-17(20-5)22-11-12-23-18(25)27-19(2,3)4;/h8-10H,6-7,11-14H2,1-5H3,(H,23,25)(H2,20,22,24);1H. The average molecular weight is 507 g/mol. The summed E-state index contributed by atoms with van der Waals surface area (Å²) in [5, 5.41) is 9.05. The fourth-order valence-electron chi connectivity index (χ4n) is 2.06. The van der Waals surface area contributed by atoms with E-state index in [1.54, 1.807) is 13.2 Å². The number of nitrogens with one attached hydrogen (secondary N) is 3. The third-order valence-electron chi connectivity index (χ3n) is 3.34. The molecule has 1 aromatic rings. The van der Waals surface area contributed by atoms with Gasteiger partial charge >= 0.3 is 6.09 Å². The molecule has 0 aromatic carbocycles. The van der Waals surface area contributed by atoms with E-state index in [-0.39, 0.29) is 24.0 Å². The van der Waals surface area contributed by atoms with E-state index in [1.807, 2.05) is 32.9 Å². The highest BCUT2D eigenvalue weighted by Crippen LogP contribution is 2.14. The first-order chi connectivity index (χ1) is 12.9. The highest BCUT2D eigenvalue weighted by molar-refractivity contribution is 14.0. The Labute approximate surface area is 185 Å². The summed E-state index contributed by atoms with van der Waals surface area (Å²) < 4.78 is 10.9. The molecule has 0 bridgehead atoms. The zero-order valence-electron chi connectivity index (χ0n) is 17.5. The second kappa shape index (κ2) is 14.3. The molecule has 1 aromatic heterocycles. The number of amides is 1. The number of carbonyl (C=O) groups is 1. The van der Waals surface area contributed by atoms with Crippen molar-refractivity contribution in [2.24, 2.45) is 4.99 Å². The van der Waals surface area contributed by atoms with Crippen LogP contribution in [0.2, 0.25) is 0 Å². The maximum Gasteiger partial charge on any atom is 0.407 e. The van der Waals surface area contributed by atoms with Crippen molar-refractivity contribution in [3.05, 3.63) is 23.9 Å². The number of alkyl carbamates (subject to hydrolysis) is 1. The number of ether oxygens (including phenoxy) is 2. The number of aromatic nitrogens is 1. The summed E-state index contributed by atoms with van der Waals surface area (Å²) in [4.78, 5) is 20.1. The fourth-order valence-corrected chi connectivity index (χ4v) is 2.06. The van der Waals surface area contributed by atoms with Gasteiger partial charge in [0.05, 0.1) is 6.61 Å². The molecule has 8 nitrogen and oxygen atoms in total. The van der Waals surface area contributed by atoms with Gasteiger partial charge in [-0.3, -0.25) is 4.99 Å². The molecule has 1 heterocycles. The third-order valence-corrected chi connectivity index (χ3v) is 3.34. The van der Waals surface area contributed by atoms with E-state index in [2.05, 4.69) is 32.9 Å². The molecule has 0 aliphatic heterocycles. The quantitative estimate of drug-likeness (QED) is 0.206. The van der Waals surface area contributed by atoms with E-state index in [1.165, 1.54) is 0 Å². The first kappa shape index (κ1) is 26.2. The molecule has 0 spiro atoms. The predicted octanol–water partition coefficient (Wildman–Crippen LogP) is 3.07. The van der Waals surface area contributed by atoms with E-state index < -0.39 is 11.7 Å². The predicted molar refractivity (Wildman–Crippen MR) is 122 cm³/mol. The topological polar surface area (TPSA) is 96.9 Å². The van der Waals surface area contributed by atoms with Crippen LogP contribution in [-0.4, -0.2) is 49.4 Å². The Morgan fingerprint density at radius 1 is 1.21 bits per heavy atom. The minimum atomic E-state index is -0.504. The molecule has 9 heteroatoms. The minimum absolute atomic E-state index is 0. The molecule has 0 saturated carbocycles. The molecule has 160 valence electrons. The SMILES string of the molecule is CCCCOc1ncccc1CNC(=NC)NCCNC(=O)OC(C)(C)C.I. The summed E-state index contributed by atoms with van der Waals surface area (Å²) in [7, 11) is 1.69. The lowest BCUT2D eigenvalue weighted by Crippen LogP contribution is -2.42. The van der Waals surface area contributed by atoms with E-state index in [0.29, 0.717) is 38.1 Å². The number of hydrogen-bond acceptors (Lipinski definition) is 5. The number of nitrogens with zero attached hydrogens (tertiary/aromatic N) is 2. The second-order valence-corrected chi connectivity index (χ2v) is 6.95. The summed E-state index contributed by atoms with van der Waals surface area (Å²) in [6.45, 7) is 9.75. The Morgan fingerprint density at radius 3 is 2.57 bits per heavy atom. The van der Waals surface area contributed by atoms with Crippen molar-refractivity contribution in [2.75, 3.05) is 26.7 Å². The van der Waals surface area contributed by atoms with Crippen LogP contribution in [0.15, 0.2) is 23.3 Å². The van der Waals surface area contributed by atoms with Gasteiger partial charge in [-0.25, -0.2) is 9.78 Å². The third kappa shape index (κ3) is 11.8. The van der Waals surface area contributed by atoms with Crippen molar-refractivity contribution in [1.82, 2.24) is 20.9 Å². The van der Waals surface area contributed by atoms with Gasteiger partial charge in [-0.15, -0.1) is 24.0 Å². The van der Waals surface area contributed by atoms with Gasteiger partial charge in [0, 0.05) is 38.4 Å². The van der Waals surface area contributed by atoms with Crippen LogP contribution in [0.5, 0.6) is 5.88 Å². The molecule has 0 unspecified atom stereocenters. The first-order valence-corrected chi connectivity index (χ1v) is 9.33. The monoisotopic (exact) mass is 507 g/mol. The molecule has 0 aliphatic carbocycles. The summed E-state index contributed by atoms with van der Waals surface area (Å²) in [6, 6.07) is 3.85. The lowest BCUT2D eigenvalue weighted by molar-refractivity contribution is 0.0529. The van der Waals surface area contributed by atoms with Crippen molar-refractivity contribution >= 4 is 36.0 Å². The van der Waals surface area contributed by atoms with Gasteiger partial charge < -0.3 is 25.4 Å². The van der Waals surface area contributed by atoms with Crippen LogP contribution in [0.1, 0.15) is 46.1 Å². The van der Waals surface area contributed by atoms with Crippen LogP contribution in [-0.2, 0) is 11.3 Å². The lowest BCUT2D eigenvalue weighted by atomic mass is 10.2. The number of unbranched alkanes of at least 4 members (excludes halogenated alkanes) is 1. The number of pyridine rings is 1. The number of carbonyl (C=O) groups excluding carboxylic acids is 1. The van der Waals surface area contributed by atoms with Crippen LogP contribution in [0.25, 0.3) is 0 Å². The lowest BCUT2D eigenvalue weighted by Gasteiger charge is -2.20. The average Bonchev–Trinajstić information content (AvgIpc) is 2.61. The Morgan fingerprint density at radius 2 is 1.93 bits per heavy atom. The maximum absolute atomic E-state index is 11.6. The zero-order chi connectivity index (χ0) is 20.1. The zero-order valence-corrected chi connectivity index (χ0v) is 19.8. The molecule has 1 amide bonds.